The van der Waals surface area contributed by atoms with Crippen molar-refractivity contribution in [1.29, 1.82) is 0 Å². The number of methoxy groups -OCH3 is 2. The van der Waals surface area contributed by atoms with E-state index < -0.39 is 11.8 Å². The highest BCUT2D eigenvalue weighted by Crippen LogP contribution is 2.39. The van der Waals surface area contributed by atoms with Gasteiger partial charge in [-0.15, -0.1) is 0 Å². The molecule has 0 radical (unpaired) electrons. The fourth-order valence-electron chi connectivity index (χ4n) is 1.76. The van der Waals surface area contributed by atoms with Gasteiger partial charge < -0.3 is 14.6 Å². The lowest BCUT2D eigenvalue weighted by molar-refractivity contribution is 0.179. The molecule has 0 heterocycles. The Morgan fingerprint density at radius 3 is 2.00 bits per heavy atom. The van der Waals surface area contributed by atoms with Crippen molar-refractivity contribution in [2.45, 2.75) is 32.5 Å². The monoisotopic (exact) mass is 242 g/mol. The van der Waals surface area contributed by atoms with Crippen molar-refractivity contribution in [1.82, 2.24) is 0 Å². The normalized spacial score (nSPS) is 13.4. The van der Waals surface area contributed by atoms with Crippen molar-refractivity contribution >= 4 is 0 Å². The van der Waals surface area contributed by atoms with Crippen LogP contribution in [-0.4, -0.2) is 19.3 Å². The molecule has 3 nitrogen and oxygen atoms in total. The summed E-state index contributed by atoms with van der Waals surface area (Å²) in [5.41, 5.74) is -0.633. The number of ether oxygens (including phenoxy) is 2. The molecule has 0 bridgehead atoms. The van der Waals surface area contributed by atoms with Crippen molar-refractivity contribution in [3.63, 3.8) is 0 Å². The highest BCUT2D eigenvalue weighted by molar-refractivity contribution is 5.49. The van der Waals surface area contributed by atoms with Crippen molar-refractivity contribution in [3.8, 4) is 11.5 Å². The van der Waals surface area contributed by atoms with Gasteiger partial charge >= 0.3 is 0 Å². The molecule has 1 unspecified atom stereocenters. The number of hydrogen-bond acceptors (Lipinski definition) is 3. The van der Waals surface area contributed by atoms with Gasteiger partial charge in [-0.25, -0.2) is 4.39 Å². The summed E-state index contributed by atoms with van der Waals surface area (Å²) in [4.78, 5) is 0. The Bertz CT molecular complexity index is 394. The average molecular weight is 242 g/mol. The van der Waals surface area contributed by atoms with E-state index in [1.165, 1.54) is 28.1 Å². The summed E-state index contributed by atoms with van der Waals surface area (Å²) in [7, 11) is 3.00. The SMILES string of the molecule is COc1cc(C(C)O)c(C(C)(C)F)cc1OC. The first-order valence-corrected chi connectivity index (χ1v) is 5.44. The van der Waals surface area contributed by atoms with Gasteiger partial charge in [-0.3, -0.25) is 0 Å². The van der Waals surface area contributed by atoms with Crippen LogP contribution in [-0.2, 0) is 5.67 Å². The van der Waals surface area contributed by atoms with Gasteiger partial charge in [0, 0.05) is 0 Å². The molecule has 17 heavy (non-hydrogen) atoms. The highest BCUT2D eigenvalue weighted by atomic mass is 19.1. The molecule has 0 saturated carbocycles. The van der Waals surface area contributed by atoms with Gasteiger partial charge in [-0.05, 0) is 44.0 Å². The minimum Gasteiger partial charge on any atom is -0.493 e. The summed E-state index contributed by atoms with van der Waals surface area (Å²) < 4.78 is 24.4. The maximum absolute atomic E-state index is 14.1. The first-order valence-electron chi connectivity index (χ1n) is 5.44. The molecule has 0 amide bonds. The molecule has 0 aliphatic carbocycles. The zero-order valence-corrected chi connectivity index (χ0v) is 10.9. The van der Waals surface area contributed by atoms with Crippen LogP contribution in [0.5, 0.6) is 11.5 Å². The maximum atomic E-state index is 14.1. The van der Waals surface area contributed by atoms with E-state index >= 15 is 0 Å². The van der Waals surface area contributed by atoms with E-state index in [1.807, 2.05) is 0 Å². The third-order valence-corrected chi connectivity index (χ3v) is 2.65. The van der Waals surface area contributed by atoms with Gasteiger partial charge in [0.2, 0.25) is 0 Å². The van der Waals surface area contributed by atoms with E-state index in [1.54, 1.807) is 19.1 Å². The van der Waals surface area contributed by atoms with Crippen molar-refractivity contribution < 1.29 is 19.0 Å². The average Bonchev–Trinajstić information content (AvgIpc) is 2.25. The van der Waals surface area contributed by atoms with Crippen LogP contribution in [0.2, 0.25) is 0 Å². The number of alkyl halides is 1. The predicted octanol–water partition coefficient (Wildman–Crippen LogP) is 2.96. The van der Waals surface area contributed by atoms with Gasteiger partial charge in [-0.2, -0.15) is 0 Å². The van der Waals surface area contributed by atoms with Crippen molar-refractivity contribution in [2.24, 2.45) is 0 Å². The zero-order valence-electron chi connectivity index (χ0n) is 10.9. The van der Waals surface area contributed by atoms with Crippen LogP contribution in [0.1, 0.15) is 38.0 Å². The van der Waals surface area contributed by atoms with Crippen LogP contribution in [0.3, 0.4) is 0 Å². The Kier molecular flexibility index (Phi) is 3.98. The number of hydrogen-bond donors (Lipinski definition) is 1. The molecular weight excluding hydrogens is 223 g/mol. The first kappa shape index (κ1) is 13.8. The van der Waals surface area contributed by atoms with E-state index in [4.69, 9.17) is 9.47 Å². The third kappa shape index (κ3) is 2.88. The Labute approximate surface area is 101 Å². The van der Waals surface area contributed by atoms with Crippen LogP contribution in [0, 0.1) is 0 Å². The molecule has 0 aliphatic heterocycles. The van der Waals surface area contributed by atoms with Crippen LogP contribution in [0.4, 0.5) is 4.39 Å². The lowest BCUT2D eigenvalue weighted by Crippen LogP contribution is -2.14. The first-order chi connectivity index (χ1) is 7.81. The maximum Gasteiger partial charge on any atom is 0.161 e. The number of rotatable bonds is 4. The zero-order chi connectivity index (χ0) is 13.2. The topological polar surface area (TPSA) is 38.7 Å². The Balaban J connectivity index is 3.46. The Morgan fingerprint density at radius 1 is 1.18 bits per heavy atom. The third-order valence-electron chi connectivity index (χ3n) is 2.65. The van der Waals surface area contributed by atoms with Gasteiger partial charge in [0.1, 0.15) is 5.67 Å². The molecule has 96 valence electrons. The molecule has 0 aliphatic rings. The van der Waals surface area contributed by atoms with E-state index in [9.17, 15) is 9.50 Å². The summed E-state index contributed by atoms with van der Waals surface area (Å²) in [5, 5.41) is 9.69. The Hall–Kier alpha value is -1.29. The quantitative estimate of drug-likeness (QED) is 0.882. The number of aliphatic hydroxyl groups is 1. The fourth-order valence-corrected chi connectivity index (χ4v) is 1.76. The molecule has 0 saturated heterocycles. The summed E-state index contributed by atoms with van der Waals surface area (Å²) in [6.07, 6.45) is -0.764. The molecule has 1 atom stereocenters. The van der Waals surface area contributed by atoms with Crippen LogP contribution < -0.4 is 9.47 Å². The van der Waals surface area contributed by atoms with Crippen molar-refractivity contribution in [2.75, 3.05) is 14.2 Å². The van der Waals surface area contributed by atoms with Crippen LogP contribution in [0.25, 0.3) is 0 Å². The molecule has 0 spiro atoms. The van der Waals surface area contributed by atoms with Gasteiger partial charge in [0.15, 0.2) is 11.5 Å². The van der Waals surface area contributed by atoms with Crippen LogP contribution in [0.15, 0.2) is 12.1 Å². The van der Waals surface area contributed by atoms with E-state index in [2.05, 4.69) is 0 Å². The number of halogens is 1. The van der Waals surface area contributed by atoms with E-state index in [0.717, 1.165) is 0 Å². The molecule has 1 aromatic carbocycles. The van der Waals surface area contributed by atoms with E-state index in [-0.39, 0.29) is 0 Å². The largest absolute Gasteiger partial charge is 0.493 e. The van der Waals surface area contributed by atoms with Gasteiger partial charge in [0.05, 0.1) is 20.3 Å². The van der Waals surface area contributed by atoms with Crippen LogP contribution >= 0.6 is 0 Å². The molecule has 0 aromatic heterocycles. The Morgan fingerprint density at radius 2 is 1.65 bits per heavy atom. The second-order valence-electron chi connectivity index (χ2n) is 4.44. The molecule has 1 N–H and O–H groups in total. The van der Waals surface area contributed by atoms with Crippen molar-refractivity contribution in [3.05, 3.63) is 23.3 Å². The minimum absolute atomic E-state index is 0.408. The summed E-state index contributed by atoms with van der Waals surface area (Å²) in [6, 6.07) is 3.18. The standard InChI is InChI=1S/C13H19FO3/c1-8(15)9-6-11(16-4)12(17-5)7-10(9)13(2,3)14/h6-8,15H,1-5H3. The number of aliphatic hydroxyl groups excluding tert-OH is 1. The lowest BCUT2D eigenvalue weighted by atomic mass is 9.91. The van der Waals surface area contributed by atoms with E-state index in [0.29, 0.717) is 22.6 Å². The lowest BCUT2D eigenvalue weighted by Gasteiger charge is -2.23. The van der Waals surface area contributed by atoms with Gasteiger partial charge in [-0.1, -0.05) is 0 Å². The molecule has 0 fully saturated rings. The minimum atomic E-state index is -1.55. The summed E-state index contributed by atoms with van der Waals surface area (Å²) >= 11 is 0. The highest BCUT2D eigenvalue weighted by Gasteiger charge is 2.26. The molecule has 1 rings (SSSR count). The second kappa shape index (κ2) is 4.92. The molecule has 1 aromatic rings. The molecular formula is C13H19FO3. The second-order valence-corrected chi connectivity index (χ2v) is 4.44. The summed E-state index contributed by atoms with van der Waals surface area (Å²) in [5.74, 6) is 0.939. The smallest absolute Gasteiger partial charge is 0.161 e. The fraction of sp³-hybridized carbons (Fsp3) is 0.538. The predicted molar refractivity (Wildman–Crippen MR) is 64.3 cm³/mol. The number of benzene rings is 1. The summed E-state index contributed by atoms with van der Waals surface area (Å²) in [6.45, 7) is 4.48. The molecule has 4 heteroatoms. The van der Waals surface area contributed by atoms with Gasteiger partial charge in [0.25, 0.3) is 0 Å².